The monoisotopic (exact) mass is 537 g/mol. The summed E-state index contributed by atoms with van der Waals surface area (Å²) in [5.74, 6) is -0.502. The van der Waals surface area contributed by atoms with Gasteiger partial charge in [0.1, 0.15) is 0 Å². The Morgan fingerprint density at radius 3 is 2.39 bits per heavy atom. The normalized spacial score (nSPS) is 26.0. The molecule has 0 radical (unpaired) electrons. The van der Waals surface area contributed by atoms with Gasteiger partial charge in [-0.1, -0.05) is 0 Å². The number of piperidine rings is 1. The molecule has 3 rings (SSSR count). The van der Waals surface area contributed by atoms with Crippen molar-refractivity contribution in [3.8, 4) is 0 Å². The number of esters is 1. The van der Waals surface area contributed by atoms with Gasteiger partial charge in [0.2, 0.25) is 0 Å². The molecule has 2 bridgehead atoms. The number of hydrogen-bond donors (Lipinski definition) is 0. The molecule has 2 fully saturated rings. The van der Waals surface area contributed by atoms with Crippen LogP contribution in [0.4, 0.5) is 4.79 Å². The van der Waals surface area contributed by atoms with Crippen molar-refractivity contribution in [3.63, 3.8) is 0 Å². The Balaban J connectivity index is 2.00. The van der Waals surface area contributed by atoms with E-state index in [1.807, 2.05) is 25.7 Å². The van der Waals surface area contributed by atoms with Gasteiger partial charge < -0.3 is 0 Å². The van der Waals surface area contributed by atoms with Crippen LogP contribution in [0.2, 0.25) is 14.8 Å². The Kier molecular flexibility index (Phi) is 7.05. The molecule has 0 saturated carbocycles. The second kappa shape index (κ2) is 8.95. The number of carbonyl (C=O) groups is 2. The Morgan fingerprint density at radius 2 is 1.84 bits per heavy atom. The molecule has 172 valence electrons. The van der Waals surface area contributed by atoms with Gasteiger partial charge in [0.05, 0.1) is 0 Å². The van der Waals surface area contributed by atoms with E-state index in [2.05, 4.69) is 39.9 Å². The molecule has 31 heavy (non-hydrogen) atoms. The molecule has 6 heteroatoms. The van der Waals surface area contributed by atoms with E-state index in [9.17, 15) is 9.59 Å². The molecule has 0 spiro atoms. The molecular weight excluding hydrogens is 497 g/mol. The van der Waals surface area contributed by atoms with Crippen LogP contribution in [0.5, 0.6) is 0 Å². The first-order valence-corrected chi connectivity index (χ1v) is 21.6. The minimum absolute atomic E-state index is 0.0712. The molecule has 0 aromatic heterocycles. The van der Waals surface area contributed by atoms with Crippen molar-refractivity contribution in [2.45, 2.75) is 91.8 Å². The van der Waals surface area contributed by atoms with Crippen LogP contribution in [0.25, 0.3) is 0 Å². The molecule has 1 aromatic rings. The number of carbonyl (C=O) groups excluding carboxylic acids is 2. The predicted molar refractivity (Wildman–Crippen MR) is 127 cm³/mol. The maximum absolute atomic E-state index is 13.0. The van der Waals surface area contributed by atoms with E-state index in [0.717, 1.165) is 25.7 Å². The molecule has 1 aromatic carbocycles. The molecule has 2 saturated heterocycles. The summed E-state index contributed by atoms with van der Waals surface area (Å²) in [5.41, 5.74) is 2.12. The average Bonchev–Trinajstić information content (AvgIpc) is 2.98. The van der Waals surface area contributed by atoms with Crippen LogP contribution in [0.15, 0.2) is 18.2 Å². The number of ether oxygens (including phenoxy) is 2. The van der Waals surface area contributed by atoms with E-state index in [1.54, 1.807) is 3.58 Å². The van der Waals surface area contributed by atoms with Crippen molar-refractivity contribution < 1.29 is 19.1 Å². The van der Waals surface area contributed by atoms with Crippen LogP contribution < -0.4 is 3.58 Å². The summed E-state index contributed by atoms with van der Waals surface area (Å²) in [7, 11) is 1.45. The van der Waals surface area contributed by atoms with Gasteiger partial charge in [0, 0.05) is 0 Å². The number of aryl methyl sites for hydroxylation is 1. The fourth-order valence-electron chi connectivity index (χ4n) is 5.44. The molecule has 2 aliphatic rings. The number of fused-ring (bicyclic) bond motifs is 2. The van der Waals surface area contributed by atoms with E-state index < -0.39 is 24.0 Å². The third-order valence-corrected chi connectivity index (χ3v) is 12.7. The number of rotatable bonds is 4. The number of amides is 1. The maximum atomic E-state index is 13.0. The number of benzene rings is 1. The van der Waals surface area contributed by atoms with E-state index in [-0.39, 0.29) is 36.0 Å². The van der Waals surface area contributed by atoms with Crippen molar-refractivity contribution in [1.29, 1.82) is 0 Å². The van der Waals surface area contributed by atoms with Gasteiger partial charge in [0.25, 0.3) is 0 Å². The SMILES string of the molecule is CCc1ccc([C@H]2CC3CCC([C@H]2C(=O)OC)N3C(=O)OC(C)(C)C)c[c]1[Sn]([CH3])([CH3])[CH3]. The first-order valence-electron chi connectivity index (χ1n) is 11.6. The van der Waals surface area contributed by atoms with Gasteiger partial charge >= 0.3 is 192 Å². The molecule has 2 heterocycles. The van der Waals surface area contributed by atoms with E-state index >= 15 is 0 Å². The number of methoxy groups -OCH3 is 1. The van der Waals surface area contributed by atoms with E-state index in [0.29, 0.717) is 0 Å². The van der Waals surface area contributed by atoms with Crippen LogP contribution in [0.3, 0.4) is 0 Å². The van der Waals surface area contributed by atoms with Crippen molar-refractivity contribution in [2.24, 2.45) is 5.92 Å². The standard InChI is InChI=1S/C22H30NO4.3CH3.Sn/c1-6-14-7-9-15(10-8-14)17-13-16-11-12-18(19(17)20(24)26-5)23(16)21(25)27-22(2,3)4;;;;/h7,9-10,16-19H,6,11-13H2,1-5H3;3*1H3;/t16?,17-,18?,19+;;;;/m1..../s1. The molecule has 0 aliphatic carbocycles. The average molecular weight is 536 g/mol. The van der Waals surface area contributed by atoms with Crippen LogP contribution in [0, 0.1) is 5.92 Å². The Hall–Kier alpha value is -1.24. The summed E-state index contributed by atoms with van der Waals surface area (Å²) in [6.45, 7) is 7.86. The summed E-state index contributed by atoms with van der Waals surface area (Å²) in [5, 5.41) is 0. The van der Waals surface area contributed by atoms with Crippen molar-refractivity contribution in [1.82, 2.24) is 4.90 Å². The molecule has 1 amide bonds. The summed E-state index contributed by atoms with van der Waals surface area (Å²) in [6.07, 6.45) is 3.23. The van der Waals surface area contributed by atoms with Crippen molar-refractivity contribution in [3.05, 3.63) is 29.3 Å². The van der Waals surface area contributed by atoms with E-state index in [1.165, 1.54) is 18.2 Å². The van der Waals surface area contributed by atoms with Crippen molar-refractivity contribution >= 4 is 34.0 Å². The van der Waals surface area contributed by atoms with Crippen molar-refractivity contribution in [2.75, 3.05) is 7.11 Å². The van der Waals surface area contributed by atoms with Crippen LogP contribution in [-0.4, -0.2) is 60.1 Å². The molecular formula is C25H39NO4Sn. The third kappa shape index (κ3) is 5.07. The topological polar surface area (TPSA) is 55.8 Å². The number of hydrogen-bond acceptors (Lipinski definition) is 4. The summed E-state index contributed by atoms with van der Waals surface area (Å²) in [4.78, 5) is 35.2. The van der Waals surface area contributed by atoms with Crippen LogP contribution in [-0.2, 0) is 20.7 Å². The molecule has 2 unspecified atom stereocenters. The molecule has 5 nitrogen and oxygen atoms in total. The van der Waals surface area contributed by atoms with Gasteiger partial charge in [-0.05, 0) is 0 Å². The van der Waals surface area contributed by atoms with Crippen LogP contribution in [0.1, 0.15) is 64.0 Å². The van der Waals surface area contributed by atoms with E-state index in [4.69, 9.17) is 9.47 Å². The Labute approximate surface area is 191 Å². The Bertz CT molecular complexity index is 839. The summed E-state index contributed by atoms with van der Waals surface area (Å²) < 4.78 is 12.5. The second-order valence-electron chi connectivity index (χ2n) is 11.1. The van der Waals surface area contributed by atoms with Gasteiger partial charge in [-0.25, -0.2) is 0 Å². The molecule has 0 N–H and O–H groups in total. The molecule has 2 aliphatic heterocycles. The van der Waals surface area contributed by atoms with Gasteiger partial charge in [-0.15, -0.1) is 0 Å². The first kappa shape index (κ1) is 24.4. The zero-order chi connectivity index (χ0) is 23.1. The predicted octanol–water partition coefficient (Wildman–Crippen LogP) is 4.84. The van der Waals surface area contributed by atoms with Crippen LogP contribution >= 0.6 is 0 Å². The zero-order valence-electron chi connectivity index (χ0n) is 20.5. The first-order chi connectivity index (χ1) is 14.4. The van der Waals surface area contributed by atoms with Gasteiger partial charge in [-0.3, -0.25) is 0 Å². The summed E-state index contributed by atoms with van der Waals surface area (Å²) >= 11 is -2.32. The van der Waals surface area contributed by atoms with Gasteiger partial charge in [0.15, 0.2) is 0 Å². The zero-order valence-corrected chi connectivity index (χ0v) is 23.3. The van der Waals surface area contributed by atoms with Gasteiger partial charge in [-0.2, -0.15) is 0 Å². The number of nitrogens with zero attached hydrogens (tertiary/aromatic N) is 1. The fraction of sp³-hybridized carbons (Fsp3) is 0.680. The molecule has 4 atom stereocenters. The second-order valence-corrected chi connectivity index (χ2v) is 25.5. The third-order valence-electron chi connectivity index (χ3n) is 6.75. The fourth-order valence-corrected chi connectivity index (χ4v) is 10.6. The quantitative estimate of drug-likeness (QED) is 0.409. The summed E-state index contributed by atoms with van der Waals surface area (Å²) in [6, 6.07) is 6.81. The minimum atomic E-state index is -2.32. The Morgan fingerprint density at radius 1 is 1.16 bits per heavy atom.